The largest absolute Gasteiger partial charge is 0.392 e. The first kappa shape index (κ1) is 19.9. The van der Waals surface area contributed by atoms with Crippen LogP contribution in [0.3, 0.4) is 0 Å². The first-order valence-corrected chi connectivity index (χ1v) is 12.7. The van der Waals surface area contributed by atoms with Crippen molar-refractivity contribution in [1.29, 1.82) is 0 Å². The Balaban J connectivity index is 1.97. The van der Waals surface area contributed by atoms with Crippen LogP contribution in [0.15, 0.2) is 11.6 Å². The number of aliphatic hydroxyl groups excluding tert-OH is 1. The number of hydrogen-bond acceptors (Lipinski definition) is 3. The molecule has 1 saturated heterocycles. The zero-order valence-corrected chi connectivity index (χ0v) is 15.9. The first-order valence-electron chi connectivity index (χ1n) is 9.03. The van der Waals surface area contributed by atoms with Gasteiger partial charge in [0.1, 0.15) is 0 Å². The minimum Gasteiger partial charge on any atom is -0.392 e. The third-order valence-corrected chi connectivity index (χ3v) is 5.45. The fraction of sp³-hybridized carbons (Fsp3) is 0.889. The second kappa shape index (κ2) is 11.4. The van der Waals surface area contributed by atoms with Crippen LogP contribution in [0.25, 0.3) is 0 Å². The van der Waals surface area contributed by atoms with Gasteiger partial charge in [0.15, 0.2) is 6.29 Å². The van der Waals surface area contributed by atoms with Crippen LogP contribution in [0, 0.1) is 0 Å². The standard InChI is InChI=1S/C18H36O3Si/c1-22(2,3)16-17(15-19)11-7-5-4-6-9-13-20-18-12-8-10-14-21-18/h11,18-19H,4-10,12-16H2,1-3H3/b17-11+. The smallest absolute Gasteiger partial charge is 0.157 e. The van der Waals surface area contributed by atoms with E-state index in [2.05, 4.69) is 25.7 Å². The highest BCUT2D eigenvalue weighted by Gasteiger charge is 2.15. The summed E-state index contributed by atoms with van der Waals surface area (Å²) in [6.45, 7) is 8.99. The van der Waals surface area contributed by atoms with Gasteiger partial charge in [-0.1, -0.05) is 44.1 Å². The van der Waals surface area contributed by atoms with E-state index >= 15 is 0 Å². The van der Waals surface area contributed by atoms with Crippen LogP contribution in [0.2, 0.25) is 25.7 Å². The van der Waals surface area contributed by atoms with Gasteiger partial charge in [-0.2, -0.15) is 0 Å². The Bertz CT molecular complexity index is 304. The SMILES string of the molecule is C[Si](C)(C)C/C(=C/CCCCCCOC1CCCCO1)CO. The average Bonchev–Trinajstić information content (AvgIpc) is 2.48. The van der Waals surface area contributed by atoms with Gasteiger partial charge < -0.3 is 14.6 Å². The summed E-state index contributed by atoms with van der Waals surface area (Å²) < 4.78 is 11.3. The van der Waals surface area contributed by atoms with Crippen LogP contribution in [0.4, 0.5) is 0 Å². The summed E-state index contributed by atoms with van der Waals surface area (Å²) in [5.41, 5.74) is 1.25. The summed E-state index contributed by atoms with van der Waals surface area (Å²) in [7, 11) is -1.10. The van der Waals surface area contributed by atoms with Crippen molar-refractivity contribution in [3.05, 3.63) is 11.6 Å². The monoisotopic (exact) mass is 328 g/mol. The summed E-state index contributed by atoms with van der Waals surface area (Å²) in [5.74, 6) is 0. The van der Waals surface area contributed by atoms with Crippen molar-refractivity contribution in [2.75, 3.05) is 19.8 Å². The topological polar surface area (TPSA) is 38.7 Å². The number of rotatable bonds is 11. The molecule has 1 aliphatic rings. The molecule has 0 aliphatic carbocycles. The van der Waals surface area contributed by atoms with Crippen LogP contribution < -0.4 is 0 Å². The molecule has 0 aromatic carbocycles. The first-order chi connectivity index (χ1) is 10.5. The van der Waals surface area contributed by atoms with Gasteiger partial charge in [0.2, 0.25) is 0 Å². The van der Waals surface area contributed by atoms with Gasteiger partial charge in [-0.25, -0.2) is 0 Å². The number of ether oxygens (including phenoxy) is 2. The highest BCUT2D eigenvalue weighted by molar-refractivity contribution is 6.76. The fourth-order valence-electron chi connectivity index (χ4n) is 2.84. The van der Waals surface area contributed by atoms with E-state index in [1.807, 2.05) is 0 Å². The Hall–Kier alpha value is -0.163. The van der Waals surface area contributed by atoms with Gasteiger partial charge in [0, 0.05) is 21.3 Å². The summed E-state index contributed by atoms with van der Waals surface area (Å²) in [5, 5.41) is 9.41. The van der Waals surface area contributed by atoms with Crippen molar-refractivity contribution in [2.45, 2.75) is 83.3 Å². The molecule has 1 fully saturated rings. The molecule has 1 rings (SSSR count). The molecular formula is C18H36O3Si. The van der Waals surface area contributed by atoms with Crippen LogP contribution in [-0.4, -0.2) is 39.3 Å². The third kappa shape index (κ3) is 10.5. The van der Waals surface area contributed by atoms with Gasteiger partial charge in [-0.15, -0.1) is 0 Å². The average molecular weight is 329 g/mol. The molecule has 0 radical (unpaired) electrons. The lowest BCUT2D eigenvalue weighted by atomic mass is 10.1. The van der Waals surface area contributed by atoms with Gasteiger partial charge >= 0.3 is 0 Å². The molecule has 0 spiro atoms. The number of unbranched alkanes of at least 4 members (excludes halogenated alkanes) is 4. The minimum absolute atomic E-state index is 0.0605. The quantitative estimate of drug-likeness (QED) is 0.338. The van der Waals surface area contributed by atoms with E-state index in [4.69, 9.17) is 9.47 Å². The summed E-state index contributed by atoms with van der Waals surface area (Å²) in [6, 6.07) is 1.12. The number of allylic oxidation sites excluding steroid dienone is 1. The summed E-state index contributed by atoms with van der Waals surface area (Å²) >= 11 is 0. The van der Waals surface area contributed by atoms with E-state index < -0.39 is 8.07 Å². The summed E-state index contributed by atoms with van der Waals surface area (Å²) in [6.07, 6.45) is 11.7. The molecule has 3 nitrogen and oxygen atoms in total. The number of hydrogen-bond donors (Lipinski definition) is 1. The van der Waals surface area contributed by atoms with Crippen molar-refractivity contribution in [3.63, 3.8) is 0 Å². The molecule has 4 heteroatoms. The fourth-order valence-corrected chi connectivity index (χ4v) is 4.46. The molecule has 0 aromatic rings. The van der Waals surface area contributed by atoms with Gasteiger partial charge in [-0.3, -0.25) is 0 Å². The molecule has 1 heterocycles. The Kier molecular flexibility index (Phi) is 10.3. The molecule has 1 unspecified atom stereocenters. The van der Waals surface area contributed by atoms with E-state index in [1.165, 1.54) is 37.7 Å². The van der Waals surface area contributed by atoms with Gasteiger partial charge in [0.25, 0.3) is 0 Å². The van der Waals surface area contributed by atoms with Crippen molar-refractivity contribution < 1.29 is 14.6 Å². The Morgan fingerprint density at radius 3 is 2.59 bits per heavy atom. The minimum atomic E-state index is -1.10. The maximum absolute atomic E-state index is 9.41. The van der Waals surface area contributed by atoms with Crippen molar-refractivity contribution in [2.24, 2.45) is 0 Å². The van der Waals surface area contributed by atoms with E-state index in [9.17, 15) is 5.11 Å². The molecule has 0 saturated carbocycles. The molecule has 130 valence electrons. The van der Waals surface area contributed by atoms with E-state index in [0.29, 0.717) is 0 Å². The van der Waals surface area contributed by atoms with E-state index in [1.54, 1.807) is 0 Å². The zero-order chi connectivity index (χ0) is 16.3. The van der Waals surface area contributed by atoms with Crippen LogP contribution in [0.1, 0.15) is 51.4 Å². The second-order valence-corrected chi connectivity index (χ2v) is 13.1. The second-order valence-electron chi connectivity index (χ2n) is 7.63. The lowest BCUT2D eigenvalue weighted by Crippen LogP contribution is -2.22. The predicted octanol–water partition coefficient (Wildman–Crippen LogP) is 4.74. The Morgan fingerprint density at radius 2 is 1.95 bits per heavy atom. The Morgan fingerprint density at radius 1 is 1.18 bits per heavy atom. The van der Waals surface area contributed by atoms with Crippen LogP contribution >= 0.6 is 0 Å². The number of aliphatic hydroxyl groups is 1. The van der Waals surface area contributed by atoms with Crippen molar-refractivity contribution in [1.82, 2.24) is 0 Å². The highest BCUT2D eigenvalue weighted by atomic mass is 28.3. The molecule has 1 aliphatic heterocycles. The maximum atomic E-state index is 9.41. The highest BCUT2D eigenvalue weighted by Crippen LogP contribution is 2.17. The lowest BCUT2D eigenvalue weighted by Gasteiger charge is -2.22. The molecule has 22 heavy (non-hydrogen) atoms. The third-order valence-electron chi connectivity index (χ3n) is 3.93. The Labute approximate surface area is 138 Å². The molecule has 0 bridgehead atoms. The summed E-state index contributed by atoms with van der Waals surface area (Å²) in [4.78, 5) is 0. The normalized spacial score (nSPS) is 20.4. The van der Waals surface area contributed by atoms with Crippen molar-refractivity contribution >= 4 is 8.07 Å². The maximum Gasteiger partial charge on any atom is 0.157 e. The van der Waals surface area contributed by atoms with Gasteiger partial charge in [-0.05, 0) is 44.6 Å². The van der Waals surface area contributed by atoms with E-state index in [0.717, 1.165) is 38.5 Å². The van der Waals surface area contributed by atoms with Crippen LogP contribution in [-0.2, 0) is 9.47 Å². The molecule has 0 amide bonds. The molecule has 1 atom stereocenters. The molecule has 0 aromatic heterocycles. The van der Waals surface area contributed by atoms with E-state index in [-0.39, 0.29) is 12.9 Å². The lowest BCUT2D eigenvalue weighted by molar-refractivity contribution is -0.162. The van der Waals surface area contributed by atoms with Gasteiger partial charge in [0.05, 0.1) is 6.61 Å². The molecular weight excluding hydrogens is 292 g/mol. The van der Waals surface area contributed by atoms with Crippen LogP contribution in [0.5, 0.6) is 0 Å². The predicted molar refractivity (Wildman–Crippen MR) is 95.9 cm³/mol. The molecule has 1 N–H and O–H groups in total. The van der Waals surface area contributed by atoms with Crippen molar-refractivity contribution in [3.8, 4) is 0 Å². The zero-order valence-electron chi connectivity index (χ0n) is 14.9.